The minimum atomic E-state index is -0.440. The smallest absolute Gasteiger partial charge is 0.254 e. The summed E-state index contributed by atoms with van der Waals surface area (Å²) in [5, 5.41) is 3.93. The highest BCUT2D eigenvalue weighted by atomic mass is 16.5. The van der Waals surface area contributed by atoms with Crippen molar-refractivity contribution >= 4 is 34.2 Å². The van der Waals surface area contributed by atoms with E-state index in [4.69, 9.17) is 9.15 Å². The minimum Gasteiger partial charge on any atom is -0.461 e. The van der Waals surface area contributed by atoms with Crippen molar-refractivity contribution in [3.8, 4) is 0 Å². The molecule has 0 saturated carbocycles. The highest BCUT2D eigenvalue weighted by Gasteiger charge is 2.30. The van der Waals surface area contributed by atoms with Gasteiger partial charge in [-0.2, -0.15) is 0 Å². The van der Waals surface area contributed by atoms with Crippen molar-refractivity contribution in [1.29, 1.82) is 0 Å². The van der Waals surface area contributed by atoms with Gasteiger partial charge in [0.05, 0.1) is 11.5 Å². The molecule has 2 amide bonds. The van der Waals surface area contributed by atoms with Crippen LogP contribution in [0.15, 0.2) is 33.2 Å². The van der Waals surface area contributed by atoms with E-state index in [-0.39, 0.29) is 18.4 Å². The van der Waals surface area contributed by atoms with Crippen LogP contribution in [0.5, 0.6) is 0 Å². The molecule has 1 aromatic heterocycles. The van der Waals surface area contributed by atoms with Crippen molar-refractivity contribution in [2.24, 2.45) is 10.9 Å². The van der Waals surface area contributed by atoms with Gasteiger partial charge in [-0.3, -0.25) is 9.59 Å². The van der Waals surface area contributed by atoms with Crippen molar-refractivity contribution in [3.05, 3.63) is 40.7 Å². The van der Waals surface area contributed by atoms with Gasteiger partial charge in [0.1, 0.15) is 11.3 Å². The van der Waals surface area contributed by atoms with Gasteiger partial charge in [0.15, 0.2) is 0 Å². The predicted octanol–water partition coefficient (Wildman–Crippen LogP) is 4.85. The van der Waals surface area contributed by atoms with E-state index in [1.807, 2.05) is 26.8 Å². The molecule has 5 rings (SSSR count). The van der Waals surface area contributed by atoms with Crippen LogP contribution in [0.4, 0.5) is 5.69 Å². The summed E-state index contributed by atoms with van der Waals surface area (Å²) in [5.74, 6) is 0.492. The number of dihydropyridines is 1. The largest absolute Gasteiger partial charge is 0.461 e. The number of carbonyl (C=O) groups is 2. The molecule has 2 fully saturated rings. The van der Waals surface area contributed by atoms with Gasteiger partial charge in [0.25, 0.3) is 11.8 Å². The van der Waals surface area contributed by atoms with E-state index < -0.39 is 5.92 Å². The number of anilines is 1. The van der Waals surface area contributed by atoms with Crippen LogP contribution in [0.25, 0.3) is 11.0 Å². The fourth-order valence-electron chi connectivity index (χ4n) is 6.44. The Balaban J connectivity index is 1.51. The zero-order valence-corrected chi connectivity index (χ0v) is 24.0. The Kier molecular flexibility index (Phi) is 8.24. The van der Waals surface area contributed by atoms with E-state index in [1.54, 1.807) is 0 Å². The Morgan fingerprint density at radius 1 is 1.13 bits per heavy atom. The first-order chi connectivity index (χ1) is 18.8. The molecule has 1 unspecified atom stereocenters. The lowest BCUT2D eigenvalue weighted by Gasteiger charge is -2.36. The maximum Gasteiger partial charge on any atom is 0.254 e. The Labute approximate surface area is 231 Å². The van der Waals surface area contributed by atoms with E-state index in [1.165, 1.54) is 0 Å². The molecule has 1 N–H and O–H groups in total. The average molecular weight is 535 g/mol. The second-order valence-corrected chi connectivity index (χ2v) is 11.4. The molecule has 2 aromatic rings. The number of carbonyl (C=O) groups excluding carboxylic acids is 2. The number of nitrogens with one attached hydrogen (secondary N) is 1. The molecule has 8 heteroatoms. The van der Waals surface area contributed by atoms with Gasteiger partial charge in [-0.25, -0.2) is 4.99 Å². The van der Waals surface area contributed by atoms with Crippen LogP contribution in [0.2, 0.25) is 0 Å². The van der Waals surface area contributed by atoms with E-state index >= 15 is 0 Å². The first-order valence-corrected chi connectivity index (χ1v) is 14.4. The molecule has 4 heterocycles. The summed E-state index contributed by atoms with van der Waals surface area (Å²) in [6.45, 7) is 12.6. The van der Waals surface area contributed by atoms with Crippen molar-refractivity contribution < 1.29 is 18.7 Å². The second kappa shape index (κ2) is 11.6. The van der Waals surface area contributed by atoms with Crippen molar-refractivity contribution in [3.63, 3.8) is 0 Å². The van der Waals surface area contributed by atoms with Crippen LogP contribution in [-0.2, 0) is 9.53 Å². The number of likely N-dealkylation sites (tertiary alicyclic amines) is 1. The first kappa shape index (κ1) is 27.6. The zero-order chi connectivity index (χ0) is 27.7. The lowest BCUT2D eigenvalue weighted by molar-refractivity contribution is -0.120. The molecule has 39 heavy (non-hydrogen) atoms. The quantitative estimate of drug-likeness (QED) is 0.547. The number of piperidine rings is 1. The van der Waals surface area contributed by atoms with Gasteiger partial charge < -0.3 is 24.3 Å². The standard InChI is InChI=1S/C31H42N4O4/c1-6-35(23-9-13-38-14-10-23)26-17-28-24(16-27(39-28)22-7-11-34(5)12-8-22)29(21(26)4)31(37)32-18-25-19(2)15-20(3)33-30(25)36/h15-17,22-23,25H,6-14,18H2,1-5H3,(H,32,37). The zero-order valence-electron chi connectivity index (χ0n) is 24.0. The molecule has 3 aliphatic heterocycles. The maximum atomic E-state index is 13.9. The van der Waals surface area contributed by atoms with Crippen molar-refractivity contribution in [1.82, 2.24) is 10.2 Å². The lowest BCUT2D eigenvalue weighted by atomic mass is 9.93. The number of furan rings is 1. The maximum absolute atomic E-state index is 13.9. The molecular formula is C31H42N4O4. The number of allylic oxidation sites excluding steroid dienone is 1. The fourth-order valence-corrected chi connectivity index (χ4v) is 6.44. The minimum absolute atomic E-state index is 0.176. The van der Waals surface area contributed by atoms with E-state index in [0.717, 1.165) is 92.1 Å². The van der Waals surface area contributed by atoms with Gasteiger partial charge in [0.2, 0.25) is 0 Å². The summed E-state index contributed by atoms with van der Waals surface area (Å²) in [5.41, 5.74) is 5.01. The SMILES string of the molecule is CCN(c1cc2oc(C3CCN(C)CC3)cc2c(C(=O)NCC2C(=O)N=C(C)C=C2C)c1C)C1CCOCC1. The number of hydrogen-bond acceptors (Lipinski definition) is 6. The van der Waals surface area contributed by atoms with Crippen molar-refractivity contribution in [2.45, 2.75) is 65.3 Å². The molecular weight excluding hydrogens is 492 g/mol. The Morgan fingerprint density at radius 2 is 1.85 bits per heavy atom. The third kappa shape index (κ3) is 5.68. The summed E-state index contributed by atoms with van der Waals surface area (Å²) >= 11 is 0. The van der Waals surface area contributed by atoms with Gasteiger partial charge in [0, 0.05) is 61.1 Å². The summed E-state index contributed by atoms with van der Waals surface area (Å²) in [4.78, 5) is 35.4. The van der Waals surface area contributed by atoms with Gasteiger partial charge in [-0.15, -0.1) is 0 Å². The summed E-state index contributed by atoms with van der Waals surface area (Å²) in [6, 6.07) is 4.58. The molecule has 1 aromatic carbocycles. The number of benzene rings is 1. The Morgan fingerprint density at radius 3 is 2.51 bits per heavy atom. The summed E-state index contributed by atoms with van der Waals surface area (Å²) < 4.78 is 12.2. The Bertz CT molecular complexity index is 1300. The summed E-state index contributed by atoms with van der Waals surface area (Å²) in [7, 11) is 2.16. The molecule has 0 radical (unpaired) electrons. The molecule has 0 spiro atoms. The second-order valence-electron chi connectivity index (χ2n) is 11.4. The van der Waals surface area contributed by atoms with Gasteiger partial charge in [-0.1, -0.05) is 5.57 Å². The van der Waals surface area contributed by atoms with Gasteiger partial charge in [-0.05, 0) is 91.2 Å². The van der Waals surface area contributed by atoms with E-state index in [0.29, 0.717) is 23.2 Å². The van der Waals surface area contributed by atoms with Crippen LogP contribution in [0, 0.1) is 12.8 Å². The number of fused-ring (bicyclic) bond motifs is 1. The third-order valence-corrected chi connectivity index (χ3v) is 8.74. The number of amides is 2. The van der Waals surface area contributed by atoms with Gasteiger partial charge >= 0.3 is 0 Å². The van der Waals surface area contributed by atoms with Crippen LogP contribution in [0.1, 0.15) is 74.1 Å². The molecule has 0 bridgehead atoms. The molecule has 8 nitrogen and oxygen atoms in total. The third-order valence-electron chi connectivity index (χ3n) is 8.74. The first-order valence-electron chi connectivity index (χ1n) is 14.4. The number of nitrogens with zero attached hydrogens (tertiary/aromatic N) is 3. The topological polar surface area (TPSA) is 87.4 Å². The number of rotatable bonds is 7. The molecule has 1 atom stereocenters. The Hall–Kier alpha value is -2.97. The van der Waals surface area contributed by atoms with Crippen LogP contribution >= 0.6 is 0 Å². The average Bonchev–Trinajstić information content (AvgIpc) is 3.33. The number of aliphatic imine (C=N–C) groups is 1. The van der Waals surface area contributed by atoms with Crippen molar-refractivity contribution in [2.75, 3.05) is 51.3 Å². The monoisotopic (exact) mass is 534 g/mol. The predicted molar refractivity (Wildman–Crippen MR) is 155 cm³/mol. The fraction of sp³-hybridized carbons (Fsp3) is 0.581. The molecule has 3 aliphatic rings. The molecule has 2 saturated heterocycles. The van der Waals surface area contributed by atoms with E-state index in [2.05, 4.69) is 46.2 Å². The lowest BCUT2D eigenvalue weighted by Crippen LogP contribution is -2.40. The van der Waals surface area contributed by atoms with Crippen LogP contribution in [-0.4, -0.2) is 74.9 Å². The molecule has 210 valence electrons. The highest BCUT2D eigenvalue weighted by molar-refractivity contribution is 6.10. The van der Waals surface area contributed by atoms with Crippen LogP contribution < -0.4 is 10.2 Å². The highest BCUT2D eigenvalue weighted by Crippen LogP contribution is 2.39. The van der Waals surface area contributed by atoms with E-state index in [9.17, 15) is 9.59 Å². The summed E-state index contributed by atoms with van der Waals surface area (Å²) in [6.07, 6.45) is 5.92. The van der Waals surface area contributed by atoms with Crippen LogP contribution in [0.3, 0.4) is 0 Å². The number of ether oxygens (including phenoxy) is 1. The normalized spacial score (nSPS) is 21.7. The molecule has 0 aliphatic carbocycles. The number of hydrogen-bond donors (Lipinski definition) is 1.